The Morgan fingerprint density at radius 2 is 2.13 bits per heavy atom. The summed E-state index contributed by atoms with van der Waals surface area (Å²) >= 11 is 0. The van der Waals surface area contributed by atoms with Crippen LogP contribution in [0.5, 0.6) is 0 Å². The lowest BCUT2D eigenvalue weighted by molar-refractivity contribution is 0.244. The van der Waals surface area contributed by atoms with Crippen molar-refractivity contribution in [2.75, 3.05) is 32.7 Å². The fraction of sp³-hybridized carbons (Fsp3) is 0.727. The maximum Gasteiger partial charge on any atom is 0.0626 e. The average Bonchev–Trinajstić information content (AvgIpc) is 2.56. The third-order valence-corrected chi connectivity index (χ3v) is 3.02. The molecule has 0 aromatic carbocycles. The Morgan fingerprint density at radius 1 is 1.40 bits per heavy atom. The summed E-state index contributed by atoms with van der Waals surface area (Å²) in [5.74, 6) is 0. The number of nitrogens with zero attached hydrogens (tertiary/aromatic N) is 3. The number of rotatable bonds is 3. The lowest BCUT2D eigenvalue weighted by atomic mass is 10.2. The van der Waals surface area contributed by atoms with Crippen LogP contribution < -0.4 is 5.32 Å². The fourth-order valence-electron chi connectivity index (χ4n) is 2.11. The van der Waals surface area contributed by atoms with Crippen molar-refractivity contribution in [2.45, 2.75) is 13.3 Å². The predicted octanol–water partition coefficient (Wildman–Crippen LogP) is 0.176. The van der Waals surface area contributed by atoms with Crippen LogP contribution >= 0.6 is 0 Å². The van der Waals surface area contributed by atoms with Gasteiger partial charge in [-0.25, -0.2) is 0 Å². The number of aromatic nitrogens is 2. The Bertz CT molecular complexity index is 312. The minimum atomic E-state index is 1.12. The SMILES string of the molecule is Cc1nn(C)cc1CCN1CCNCC1. The van der Waals surface area contributed by atoms with E-state index in [0.29, 0.717) is 0 Å². The van der Waals surface area contributed by atoms with E-state index < -0.39 is 0 Å². The molecule has 4 nitrogen and oxygen atoms in total. The summed E-state index contributed by atoms with van der Waals surface area (Å²) in [7, 11) is 1.99. The molecule has 84 valence electrons. The first-order valence-electron chi connectivity index (χ1n) is 5.68. The van der Waals surface area contributed by atoms with Gasteiger partial charge in [-0.2, -0.15) is 5.10 Å². The van der Waals surface area contributed by atoms with Crippen LogP contribution in [0.2, 0.25) is 0 Å². The average molecular weight is 208 g/mol. The van der Waals surface area contributed by atoms with Crippen LogP contribution in [0.1, 0.15) is 11.3 Å². The van der Waals surface area contributed by atoms with Gasteiger partial charge < -0.3 is 10.2 Å². The number of hydrogen-bond donors (Lipinski definition) is 1. The van der Waals surface area contributed by atoms with Crippen LogP contribution in [0.4, 0.5) is 0 Å². The van der Waals surface area contributed by atoms with Crippen LogP contribution in [0.3, 0.4) is 0 Å². The molecule has 0 aliphatic carbocycles. The summed E-state index contributed by atoms with van der Waals surface area (Å²) in [4.78, 5) is 2.52. The highest BCUT2D eigenvalue weighted by molar-refractivity contribution is 5.15. The smallest absolute Gasteiger partial charge is 0.0626 e. The zero-order valence-corrected chi connectivity index (χ0v) is 9.66. The van der Waals surface area contributed by atoms with Crippen molar-refractivity contribution >= 4 is 0 Å². The van der Waals surface area contributed by atoms with Crippen LogP contribution in [0, 0.1) is 6.92 Å². The third-order valence-electron chi connectivity index (χ3n) is 3.02. The molecule has 0 bridgehead atoms. The molecular formula is C11H20N4. The van der Waals surface area contributed by atoms with Crippen molar-refractivity contribution in [3.8, 4) is 0 Å². The maximum atomic E-state index is 4.36. The van der Waals surface area contributed by atoms with Gasteiger partial charge >= 0.3 is 0 Å². The molecule has 0 amide bonds. The van der Waals surface area contributed by atoms with Crippen molar-refractivity contribution in [3.05, 3.63) is 17.5 Å². The standard InChI is InChI=1S/C11H20N4/c1-10-11(9-14(2)13-10)3-6-15-7-4-12-5-8-15/h9,12H,3-8H2,1-2H3. The maximum absolute atomic E-state index is 4.36. The van der Waals surface area contributed by atoms with Gasteiger partial charge in [0.05, 0.1) is 5.69 Å². The van der Waals surface area contributed by atoms with E-state index in [1.54, 1.807) is 0 Å². The molecule has 4 heteroatoms. The highest BCUT2D eigenvalue weighted by Gasteiger charge is 2.10. The van der Waals surface area contributed by atoms with Gasteiger partial charge in [-0.1, -0.05) is 0 Å². The first kappa shape index (κ1) is 10.6. The van der Waals surface area contributed by atoms with Crippen LogP contribution in [0.25, 0.3) is 0 Å². The van der Waals surface area contributed by atoms with E-state index in [2.05, 4.69) is 28.4 Å². The lowest BCUT2D eigenvalue weighted by Gasteiger charge is -2.26. The van der Waals surface area contributed by atoms with E-state index in [1.807, 2.05) is 11.7 Å². The molecule has 1 N–H and O–H groups in total. The van der Waals surface area contributed by atoms with E-state index in [0.717, 1.165) is 26.1 Å². The van der Waals surface area contributed by atoms with Gasteiger partial charge in [-0.3, -0.25) is 4.68 Å². The summed E-state index contributed by atoms with van der Waals surface area (Å²) in [6.07, 6.45) is 3.26. The van der Waals surface area contributed by atoms with Gasteiger partial charge in [0.1, 0.15) is 0 Å². The molecule has 1 saturated heterocycles. The summed E-state index contributed by atoms with van der Waals surface area (Å²) < 4.78 is 1.91. The first-order chi connectivity index (χ1) is 7.25. The minimum absolute atomic E-state index is 1.12. The molecule has 0 saturated carbocycles. The molecule has 0 atom stereocenters. The highest BCUT2D eigenvalue weighted by atomic mass is 15.2. The second-order valence-corrected chi connectivity index (χ2v) is 4.26. The Morgan fingerprint density at radius 3 is 2.73 bits per heavy atom. The largest absolute Gasteiger partial charge is 0.314 e. The van der Waals surface area contributed by atoms with Crippen molar-refractivity contribution in [2.24, 2.45) is 7.05 Å². The summed E-state index contributed by atoms with van der Waals surface area (Å²) in [6, 6.07) is 0. The van der Waals surface area contributed by atoms with Crippen LogP contribution in [-0.4, -0.2) is 47.4 Å². The molecular weight excluding hydrogens is 188 g/mol. The first-order valence-corrected chi connectivity index (χ1v) is 5.68. The normalized spacial score (nSPS) is 18.3. The van der Waals surface area contributed by atoms with E-state index >= 15 is 0 Å². The molecule has 15 heavy (non-hydrogen) atoms. The van der Waals surface area contributed by atoms with Crippen molar-refractivity contribution < 1.29 is 0 Å². The molecule has 1 fully saturated rings. The Balaban J connectivity index is 1.84. The van der Waals surface area contributed by atoms with Gasteiger partial charge in [-0.15, -0.1) is 0 Å². The van der Waals surface area contributed by atoms with Crippen molar-refractivity contribution in [3.63, 3.8) is 0 Å². The fourth-order valence-corrected chi connectivity index (χ4v) is 2.11. The van der Waals surface area contributed by atoms with Gasteiger partial charge in [0, 0.05) is 46.0 Å². The monoisotopic (exact) mass is 208 g/mol. The molecule has 1 aromatic heterocycles. The molecule has 2 heterocycles. The second-order valence-electron chi connectivity index (χ2n) is 4.26. The number of hydrogen-bond acceptors (Lipinski definition) is 3. The van der Waals surface area contributed by atoms with E-state index in [1.165, 1.54) is 24.3 Å². The summed E-state index contributed by atoms with van der Waals surface area (Å²) in [5, 5.41) is 7.73. The van der Waals surface area contributed by atoms with Crippen LogP contribution in [0.15, 0.2) is 6.20 Å². The Hall–Kier alpha value is -0.870. The van der Waals surface area contributed by atoms with Gasteiger partial charge in [0.25, 0.3) is 0 Å². The van der Waals surface area contributed by atoms with Gasteiger partial charge in [0.2, 0.25) is 0 Å². The lowest BCUT2D eigenvalue weighted by Crippen LogP contribution is -2.44. The van der Waals surface area contributed by atoms with E-state index in [4.69, 9.17) is 0 Å². The summed E-state index contributed by atoms with van der Waals surface area (Å²) in [6.45, 7) is 7.87. The molecule has 0 unspecified atom stereocenters. The zero-order chi connectivity index (χ0) is 10.7. The number of nitrogens with one attached hydrogen (secondary N) is 1. The second kappa shape index (κ2) is 4.77. The topological polar surface area (TPSA) is 33.1 Å². The number of aryl methyl sites for hydroxylation is 2. The van der Waals surface area contributed by atoms with Gasteiger partial charge in [-0.05, 0) is 18.9 Å². The Kier molecular flexibility index (Phi) is 3.38. The van der Waals surface area contributed by atoms with Crippen LogP contribution in [-0.2, 0) is 13.5 Å². The molecule has 1 aliphatic heterocycles. The quantitative estimate of drug-likeness (QED) is 0.769. The third kappa shape index (κ3) is 2.79. The summed E-state index contributed by atoms with van der Waals surface area (Å²) in [5.41, 5.74) is 2.56. The number of piperazine rings is 1. The van der Waals surface area contributed by atoms with Crippen molar-refractivity contribution in [1.82, 2.24) is 20.0 Å². The van der Waals surface area contributed by atoms with Gasteiger partial charge in [0.15, 0.2) is 0 Å². The predicted molar refractivity (Wildman–Crippen MR) is 61.0 cm³/mol. The molecule has 0 radical (unpaired) electrons. The molecule has 0 spiro atoms. The zero-order valence-electron chi connectivity index (χ0n) is 9.66. The molecule has 1 aliphatic rings. The Labute approximate surface area is 91.3 Å². The highest BCUT2D eigenvalue weighted by Crippen LogP contribution is 2.06. The van der Waals surface area contributed by atoms with E-state index in [9.17, 15) is 0 Å². The van der Waals surface area contributed by atoms with E-state index in [-0.39, 0.29) is 0 Å². The molecule has 1 aromatic rings. The van der Waals surface area contributed by atoms with Crippen molar-refractivity contribution in [1.29, 1.82) is 0 Å². The molecule has 2 rings (SSSR count). The minimum Gasteiger partial charge on any atom is -0.314 e.